The molecule has 7 nitrogen and oxygen atoms in total. The van der Waals surface area contributed by atoms with Gasteiger partial charge in [0.25, 0.3) is 5.69 Å². The van der Waals surface area contributed by atoms with Crippen LogP contribution in [0.1, 0.15) is 5.56 Å². The topological polar surface area (TPSA) is 94.2 Å². The van der Waals surface area contributed by atoms with E-state index in [1.54, 1.807) is 0 Å². The van der Waals surface area contributed by atoms with E-state index >= 15 is 0 Å². The quantitative estimate of drug-likeness (QED) is 0.341. The second-order valence-electron chi connectivity index (χ2n) is 2.77. The summed E-state index contributed by atoms with van der Waals surface area (Å²) >= 11 is 0. The van der Waals surface area contributed by atoms with E-state index < -0.39 is 4.92 Å². The van der Waals surface area contributed by atoms with Crippen LogP contribution in [0.2, 0.25) is 0 Å². The Balaban J connectivity index is 2.56. The molecule has 1 aromatic rings. The molecule has 7 heteroatoms. The fourth-order valence-electron chi connectivity index (χ4n) is 1.27. The Labute approximate surface area is 83.7 Å². The van der Waals surface area contributed by atoms with E-state index in [9.17, 15) is 10.1 Å². The van der Waals surface area contributed by atoms with Gasteiger partial charge in [-0.3, -0.25) is 10.1 Å². The second kappa shape index (κ2) is 3.45. The first-order chi connectivity index (χ1) is 7.22. The first-order valence-electron chi connectivity index (χ1n) is 3.98. The number of fused-ring (bicyclic) bond motifs is 1. The molecule has 0 saturated carbocycles. The summed E-state index contributed by atoms with van der Waals surface area (Å²) in [5, 5.41) is 21.8. The number of hydrogen-bond acceptors (Lipinski definition) is 6. The maximum Gasteiger partial charge on any atom is 0.282 e. The van der Waals surface area contributed by atoms with Crippen LogP contribution in [-0.4, -0.2) is 23.1 Å². The predicted molar refractivity (Wildman–Crippen MR) is 48.6 cm³/mol. The van der Waals surface area contributed by atoms with Crippen LogP contribution in [0.25, 0.3) is 0 Å². The molecule has 0 bridgehead atoms. The molecule has 0 aliphatic carbocycles. The third-order valence-corrected chi connectivity index (χ3v) is 1.92. The molecule has 1 aromatic carbocycles. The Morgan fingerprint density at radius 3 is 2.73 bits per heavy atom. The summed E-state index contributed by atoms with van der Waals surface area (Å²) in [6.45, 7) is 0.0339. The first-order valence-corrected chi connectivity index (χ1v) is 3.98. The first kappa shape index (κ1) is 9.25. The second-order valence-corrected chi connectivity index (χ2v) is 2.77. The average Bonchev–Trinajstić information content (AvgIpc) is 2.63. The highest BCUT2D eigenvalue weighted by Crippen LogP contribution is 2.37. The molecular weight excluding hydrogens is 204 g/mol. The predicted octanol–water partition coefficient (Wildman–Crippen LogP) is 1.13. The maximum atomic E-state index is 10.7. The number of hydrogen-bond donors (Lipinski definition) is 1. The molecule has 1 aliphatic rings. The van der Waals surface area contributed by atoms with Gasteiger partial charge >= 0.3 is 0 Å². The number of nitro benzene ring substituents is 1. The van der Waals surface area contributed by atoms with Crippen molar-refractivity contribution in [2.45, 2.75) is 0 Å². The highest BCUT2D eigenvalue weighted by molar-refractivity contribution is 5.86. The number of oxime groups is 1. The Bertz CT molecular complexity index is 443. The molecule has 0 aromatic heterocycles. The standard InChI is InChI=1S/C8H6N2O5/c11-9-3-5-1-7-8(15-4-14-7)2-6(5)10(12)13/h1-3,11H,4H2/b9-3+. The summed E-state index contributed by atoms with van der Waals surface area (Å²) in [4.78, 5) is 10.1. The van der Waals surface area contributed by atoms with Gasteiger partial charge in [0, 0.05) is 0 Å². The van der Waals surface area contributed by atoms with Crippen molar-refractivity contribution in [3.8, 4) is 11.5 Å². The van der Waals surface area contributed by atoms with Crippen LogP contribution in [0.4, 0.5) is 5.69 Å². The zero-order valence-electron chi connectivity index (χ0n) is 7.41. The summed E-state index contributed by atoms with van der Waals surface area (Å²) in [6, 6.07) is 2.62. The van der Waals surface area contributed by atoms with Crippen LogP contribution in [-0.2, 0) is 0 Å². The highest BCUT2D eigenvalue weighted by Gasteiger charge is 2.22. The van der Waals surface area contributed by atoms with Crippen LogP contribution in [0.15, 0.2) is 17.3 Å². The molecule has 0 unspecified atom stereocenters. The summed E-state index contributed by atoms with van der Waals surface area (Å²) < 4.78 is 10.0. The molecule has 0 fully saturated rings. The lowest BCUT2D eigenvalue weighted by Gasteiger charge is -1.99. The average molecular weight is 210 g/mol. The molecule has 0 spiro atoms. The fraction of sp³-hybridized carbons (Fsp3) is 0.125. The van der Waals surface area contributed by atoms with Gasteiger partial charge in [0.05, 0.1) is 22.8 Å². The minimum Gasteiger partial charge on any atom is -0.454 e. The van der Waals surface area contributed by atoms with Crippen LogP contribution < -0.4 is 9.47 Å². The summed E-state index contributed by atoms with van der Waals surface area (Å²) in [5.74, 6) is 0.715. The highest BCUT2D eigenvalue weighted by atomic mass is 16.7. The van der Waals surface area contributed by atoms with Gasteiger partial charge < -0.3 is 14.7 Å². The van der Waals surface area contributed by atoms with Crippen LogP contribution in [0.5, 0.6) is 11.5 Å². The molecule has 0 saturated heterocycles. The number of nitrogens with zero attached hydrogens (tertiary/aromatic N) is 2. The zero-order valence-corrected chi connectivity index (χ0v) is 7.41. The van der Waals surface area contributed by atoms with Crippen molar-refractivity contribution in [3.63, 3.8) is 0 Å². The lowest BCUT2D eigenvalue weighted by molar-refractivity contribution is -0.385. The number of benzene rings is 1. The molecule has 1 N–H and O–H groups in total. The molecule has 0 amide bonds. The van der Waals surface area contributed by atoms with Crippen molar-refractivity contribution in [3.05, 3.63) is 27.8 Å². The van der Waals surface area contributed by atoms with Crippen LogP contribution in [0.3, 0.4) is 0 Å². The van der Waals surface area contributed by atoms with Gasteiger partial charge in [-0.05, 0) is 6.07 Å². The van der Waals surface area contributed by atoms with Crippen molar-refractivity contribution in [1.82, 2.24) is 0 Å². The molecule has 2 rings (SSSR count). The lowest BCUT2D eigenvalue weighted by atomic mass is 10.1. The molecule has 0 radical (unpaired) electrons. The number of ether oxygens (including phenoxy) is 2. The fourth-order valence-corrected chi connectivity index (χ4v) is 1.27. The van der Waals surface area contributed by atoms with Crippen molar-refractivity contribution in [2.75, 3.05) is 6.79 Å². The zero-order chi connectivity index (χ0) is 10.8. The van der Waals surface area contributed by atoms with Gasteiger partial charge in [0.15, 0.2) is 11.5 Å². The smallest absolute Gasteiger partial charge is 0.282 e. The summed E-state index contributed by atoms with van der Waals surface area (Å²) in [7, 11) is 0. The summed E-state index contributed by atoms with van der Waals surface area (Å²) in [5.41, 5.74) is -0.0381. The molecule has 15 heavy (non-hydrogen) atoms. The monoisotopic (exact) mass is 210 g/mol. The summed E-state index contributed by atoms with van der Waals surface area (Å²) in [6.07, 6.45) is 0.972. The van der Waals surface area contributed by atoms with E-state index in [-0.39, 0.29) is 18.0 Å². The van der Waals surface area contributed by atoms with E-state index in [2.05, 4.69) is 5.16 Å². The molecule has 1 heterocycles. The van der Waals surface area contributed by atoms with Gasteiger partial charge in [-0.1, -0.05) is 5.16 Å². The lowest BCUT2D eigenvalue weighted by Crippen LogP contribution is -1.94. The van der Waals surface area contributed by atoms with E-state index in [4.69, 9.17) is 14.7 Å². The van der Waals surface area contributed by atoms with Gasteiger partial charge in [-0.25, -0.2) is 0 Å². The Morgan fingerprint density at radius 1 is 1.47 bits per heavy atom. The van der Waals surface area contributed by atoms with E-state index in [1.165, 1.54) is 12.1 Å². The SMILES string of the molecule is O=[N+]([O-])c1cc2c(cc1/C=N/O)OCO2. The minimum absolute atomic E-state index is 0.0339. The van der Waals surface area contributed by atoms with Crippen LogP contribution >= 0.6 is 0 Å². The molecule has 0 atom stereocenters. The van der Waals surface area contributed by atoms with E-state index in [0.717, 1.165) is 6.21 Å². The van der Waals surface area contributed by atoms with Crippen molar-refractivity contribution < 1.29 is 19.6 Å². The van der Waals surface area contributed by atoms with Crippen molar-refractivity contribution >= 4 is 11.9 Å². The molecule has 78 valence electrons. The van der Waals surface area contributed by atoms with Crippen molar-refractivity contribution in [2.24, 2.45) is 5.16 Å². The van der Waals surface area contributed by atoms with Crippen molar-refractivity contribution in [1.29, 1.82) is 0 Å². The normalized spacial score (nSPS) is 13.3. The van der Waals surface area contributed by atoms with E-state index in [1.807, 2.05) is 0 Å². The number of rotatable bonds is 2. The van der Waals surface area contributed by atoms with Gasteiger partial charge in [-0.15, -0.1) is 0 Å². The van der Waals surface area contributed by atoms with E-state index in [0.29, 0.717) is 11.5 Å². The Morgan fingerprint density at radius 2 is 2.13 bits per heavy atom. The van der Waals surface area contributed by atoms with Gasteiger partial charge in [0.2, 0.25) is 6.79 Å². The van der Waals surface area contributed by atoms with Gasteiger partial charge in [-0.2, -0.15) is 0 Å². The number of nitro groups is 1. The van der Waals surface area contributed by atoms with Gasteiger partial charge in [0.1, 0.15) is 0 Å². The molecular formula is C8H6N2O5. The maximum absolute atomic E-state index is 10.7. The van der Waals surface area contributed by atoms with Crippen LogP contribution in [0, 0.1) is 10.1 Å². The third kappa shape index (κ3) is 1.54. The Kier molecular flexibility index (Phi) is 2.13. The molecule has 1 aliphatic heterocycles. The largest absolute Gasteiger partial charge is 0.454 e. The third-order valence-electron chi connectivity index (χ3n) is 1.92. The minimum atomic E-state index is -0.584. The Hall–Kier alpha value is -2.31.